The average molecular weight is 364 g/mol. The van der Waals surface area contributed by atoms with E-state index in [1.54, 1.807) is 28.2 Å². The van der Waals surface area contributed by atoms with Gasteiger partial charge in [-0.2, -0.15) is 4.99 Å². The predicted octanol–water partition coefficient (Wildman–Crippen LogP) is 2.52. The van der Waals surface area contributed by atoms with E-state index in [0.29, 0.717) is 36.1 Å². The second-order valence-corrected chi connectivity index (χ2v) is 5.14. The molecule has 0 radical (unpaired) electrons. The number of carbonyl (C=O) groups is 1. The number of halogens is 1. The van der Waals surface area contributed by atoms with E-state index in [2.05, 4.69) is 36.8 Å². The molecule has 1 heterocycles. The summed E-state index contributed by atoms with van der Waals surface area (Å²) >= 11 is 3.38. The van der Waals surface area contributed by atoms with Crippen LogP contribution < -0.4 is 0 Å². The smallest absolute Gasteiger partial charge is 0.337 e. The van der Waals surface area contributed by atoms with Crippen molar-refractivity contribution in [3.8, 4) is 12.3 Å². The highest BCUT2D eigenvalue weighted by Gasteiger charge is 2.17. The topological polar surface area (TPSA) is 63.5 Å². The Bertz CT molecular complexity index is 647. The number of terminal acetylenes is 1. The summed E-state index contributed by atoms with van der Waals surface area (Å²) in [5, 5.41) is 0. The predicted molar refractivity (Wildman–Crippen MR) is 87.3 cm³/mol. The Hall–Kier alpha value is -2.33. The van der Waals surface area contributed by atoms with Crippen LogP contribution in [0.15, 0.2) is 34.3 Å². The first-order valence-corrected chi connectivity index (χ1v) is 7.19. The number of methoxy groups -OCH3 is 1. The summed E-state index contributed by atoms with van der Waals surface area (Å²) in [4.78, 5) is 20.1. The molecule has 22 heavy (non-hydrogen) atoms. The minimum Gasteiger partial charge on any atom is -0.468 e. The number of carbonyl (C=O) groups excluding carboxylic acids is 1. The van der Waals surface area contributed by atoms with Crippen LogP contribution in [0, 0.1) is 12.3 Å². The van der Waals surface area contributed by atoms with E-state index in [0.717, 1.165) is 0 Å². The van der Waals surface area contributed by atoms with Crippen LogP contribution in [0.1, 0.15) is 16.8 Å². The number of guanidine groups is 1. The molecule has 1 aromatic rings. The standard InChI is InChI=1S/C15H14BrN3O3/c1-3-10-22-13-8-9-19(16)15(18-13)17-12-6-4-11(5-7-12)14(20)21-2/h1,4-7H,8-10H2,2H3. The van der Waals surface area contributed by atoms with Gasteiger partial charge in [0.15, 0.2) is 5.90 Å². The van der Waals surface area contributed by atoms with Gasteiger partial charge < -0.3 is 9.47 Å². The number of rotatable bonds is 3. The van der Waals surface area contributed by atoms with Crippen LogP contribution in [0.5, 0.6) is 0 Å². The van der Waals surface area contributed by atoms with Crippen molar-refractivity contribution in [3.63, 3.8) is 0 Å². The molecule has 0 saturated heterocycles. The summed E-state index contributed by atoms with van der Waals surface area (Å²) in [6.45, 7) is 0.852. The van der Waals surface area contributed by atoms with E-state index in [-0.39, 0.29) is 12.6 Å². The van der Waals surface area contributed by atoms with Gasteiger partial charge in [0, 0.05) is 13.0 Å². The highest BCUT2D eigenvalue weighted by molar-refractivity contribution is 9.07. The van der Waals surface area contributed by atoms with Gasteiger partial charge in [-0.25, -0.2) is 9.79 Å². The van der Waals surface area contributed by atoms with Crippen LogP contribution in [0.25, 0.3) is 0 Å². The molecule has 0 atom stereocenters. The van der Waals surface area contributed by atoms with Crippen molar-refractivity contribution >= 4 is 39.7 Å². The van der Waals surface area contributed by atoms with Gasteiger partial charge in [-0.3, -0.25) is 3.93 Å². The molecule has 0 bridgehead atoms. The third-order valence-corrected chi connectivity index (χ3v) is 3.48. The van der Waals surface area contributed by atoms with Crippen molar-refractivity contribution in [2.75, 3.05) is 20.3 Å². The molecule has 1 aromatic carbocycles. The van der Waals surface area contributed by atoms with Crippen molar-refractivity contribution in [1.82, 2.24) is 3.93 Å². The Kier molecular flexibility index (Phi) is 5.55. The van der Waals surface area contributed by atoms with Gasteiger partial charge in [0.05, 0.1) is 34.5 Å². The lowest BCUT2D eigenvalue weighted by atomic mass is 10.2. The van der Waals surface area contributed by atoms with Crippen molar-refractivity contribution in [3.05, 3.63) is 29.8 Å². The van der Waals surface area contributed by atoms with Gasteiger partial charge in [-0.1, -0.05) is 5.92 Å². The number of esters is 1. The maximum Gasteiger partial charge on any atom is 0.337 e. The molecule has 0 spiro atoms. The van der Waals surface area contributed by atoms with Crippen molar-refractivity contribution < 1.29 is 14.3 Å². The molecule has 114 valence electrons. The van der Waals surface area contributed by atoms with E-state index in [9.17, 15) is 4.79 Å². The van der Waals surface area contributed by atoms with Crippen LogP contribution >= 0.6 is 16.1 Å². The first-order chi connectivity index (χ1) is 10.6. The Morgan fingerprint density at radius 3 is 2.86 bits per heavy atom. The van der Waals surface area contributed by atoms with E-state index >= 15 is 0 Å². The fourth-order valence-corrected chi connectivity index (χ4v) is 2.07. The molecule has 6 nitrogen and oxygen atoms in total. The normalized spacial score (nSPS) is 16.0. The lowest BCUT2D eigenvalue weighted by Crippen LogP contribution is -2.29. The van der Waals surface area contributed by atoms with Crippen molar-refractivity contribution in [1.29, 1.82) is 0 Å². The number of hydrogen-bond donors (Lipinski definition) is 0. The minimum atomic E-state index is -0.387. The second kappa shape index (κ2) is 7.61. The van der Waals surface area contributed by atoms with Gasteiger partial charge in [-0.15, -0.1) is 6.42 Å². The van der Waals surface area contributed by atoms with Crippen LogP contribution in [0.4, 0.5) is 5.69 Å². The molecule has 0 N–H and O–H groups in total. The van der Waals surface area contributed by atoms with Crippen LogP contribution in [-0.4, -0.2) is 42.0 Å². The Balaban J connectivity index is 2.19. The second-order valence-electron chi connectivity index (χ2n) is 4.28. The molecule has 0 saturated carbocycles. The van der Waals surface area contributed by atoms with Gasteiger partial charge in [0.25, 0.3) is 0 Å². The number of aliphatic imine (C=N–C) groups is 2. The number of hydrogen-bond acceptors (Lipinski definition) is 4. The monoisotopic (exact) mass is 363 g/mol. The van der Waals surface area contributed by atoms with E-state index < -0.39 is 0 Å². The quantitative estimate of drug-likeness (QED) is 0.470. The average Bonchev–Trinajstić information content (AvgIpc) is 2.55. The lowest BCUT2D eigenvalue weighted by Gasteiger charge is -2.21. The summed E-state index contributed by atoms with van der Waals surface area (Å²) in [6, 6.07) is 6.72. The van der Waals surface area contributed by atoms with Crippen molar-refractivity contribution in [2.45, 2.75) is 6.42 Å². The Morgan fingerprint density at radius 1 is 1.50 bits per heavy atom. The zero-order chi connectivity index (χ0) is 15.9. The summed E-state index contributed by atoms with van der Waals surface area (Å²) < 4.78 is 11.7. The first kappa shape index (κ1) is 16.0. The molecule has 0 amide bonds. The van der Waals surface area contributed by atoms with E-state index in [1.165, 1.54) is 7.11 Å². The summed E-state index contributed by atoms with van der Waals surface area (Å²) in [6.07, 6.45) is 5.81. The fourth-order valence-electron chi connectivity index (χ4n) is 1.73. The van der Waals surface area contributed by atoms with Crippen molar-refractivity contribution in [2.24, 2.45) is 9.98 Å². The zero-order valence-electron chi connectivity index (χ0n) is 12.0. The number of ether oxygens (including phenoxy) is 2. The summed E-state index contributed by atoms with van der Waals surface area (Å²) in [5.41, 5.74) is 1.13. The third kappa shape index (κ3) is 4.09. The molecule has 1 aliphatic heterocycles. The summed E-state index contributed by atoms with van der Waals surface area (Å²) in [7, 11) is 1.34. The molecule has 7 heteroatoms. The van der Waals surface area contributed by atoms with Crippen LogP contribution in [0.2, 0.25) is 0 Å². The molecule has 0 unspecified atom stereocenters. The van der Waals surface area contributed by atoms with Gasteiger partial charge in [0.2, 0.25) is 5.96 Å². The van der Waals surface area contributed by atoms with Crippen LogP contribution in [-0.2, 0) is 9.47 Å². The number of benzene rings is 1. The third-order valence-electron chi connectivity index (χ3n) is 2.80. The SMILES string of the molecule is C#CCOC1=NC(=Nc2ccc(C(=O)OC)cc2)N(Br)CC1. The van der Waals surface area contributed by atoms with Gasteiger partial charge >= 0.3 is 5.97 Å². The molecule has 0 aromatic heterocycles. The van der Waals surface area contributed by atoms with E-state index in [1.807, 2.05) is 0 Å². The van der Waals surface area contributed by atoms with Crippen LogP contribution in [0.3, 0.4) is 0 Å². The molecular weight excluding hydrogens is 350 g/mol. The molecule has 1 aliphatic rings. The zero-order valence-corrected chi connectivity index (χ0v) is 13.5. The lowest BCUT2D eigenvalue weighted by molar-refractivity contribution is 0.0601. The Morgan fingerprint density at radius 2 is 2.23 bits per heavy atom. The Labute approximate surface area is 137 Å². The van der Waals surface area contributed by atoms with Gasteiger partial charge in [0.1, 0.15) is 6.61 Å². The maximum absolute atomic E-state index is 11.4. The minimum absolute atomic E-state index is 0.183. The first-order valence-electron chi connectivity index (χ1n) is 6.48. The molecule has 2 rings (SSSR count). The van der Waals surface area contributed by atoms with E-state index in [4.69, 9.17) is 11.2 Å². The highest BCUT2D eigenvalue weighted by atomic mass is 79.9. The fraction of sp³-hybridized carbons (Fsp3) is 0.267. The maximum atomic E-state index is 11.4. The molecule has 0 fully saturated rings. The highest BCUT2D eigenvalue weighted by Crippen LogP contribution is 2.18. The molecule has 0 aliphatic carbocycles. The largest absolute Gasteiger partial charge is 0.468 e. The van der Waals surface area contributed by atoms with Gasteiger partial charge in [-0.05, 0) is 24.3 Å². The number of nitrogens with zero attached hydrogens (tertiary/aromatic N) is 3. The molecular formula is C15H14BrN3O3. The summed E-state index contributed by atoms with van der Waals surface area (Å²) in [5.74, 6) is 3.03.